The van der Waals surface area contributed by atoms with Crippen molar-refractivity contribution in [2.45, 2.75) is 50.7 Å². The number of methoxy groups -OCH3 is 1. The van der Waals surface area contributed by atoms with Crippen molar-refractivity contribution in [1.82, 2.24) is 14.8 Å². The van der Waals surface area contributed by atoms with E-state index in [-0.39, 0.29) is 29.5 Å². The summed E-state index contributed by atoms with van der Waals surface area (Å²) < 4.78 is 6.48. The molecule has 0 amide bonds. The molecule has 0 spiro atoms. The van der Waals surface area contributed by atoms with Gasteiger partial charge in [0.05, 0.1) is 12.9 Å². The van der Waals surface area contributed by atoms with Crippen molar-refractivity contribution in [3.8, 4) is 0 Å². The molecule has 1 aromatic carbocycles. The maximum absolute atomic E-state index is 13.0. The highest BCUT2D eigenvalue weighted by Crippen LogP contribution is 2.42. The van der Waals surface area contributed by atoms with Gasteiger partial charge in [-0.2, -0.15) is 4.98 Å². The Morgan fingerprint density at radius 1 is 1.30 bits per heavy atom. The Hall–Kier alpha value is -2.61. The van der Waals surface area contributed by atoms with E-state index in [1.165, 1.54) is 24.4 Å². The highest BCUT2D eigenvalue weighted by molar-refractivity contribution is 7.99. The smallest absolute Gasteiger partial charge is 0.316 e. The first-order chi connectivity index (χ1) is 14.4. The topological polar surface area (TPSA) is 86.1 Å². The molecule has 1 aliphatic carbocycles. The van der Waals surface area contributed by atoms with E-state index in [1.807, 2.05) is 0 Å². The summed E-state index contributed by atoms with van der Waals surface area (Å²) in [6, 6.07) is 8.06. The lowest BCUT2D eigenvalue weighted by atomic mass is 9.81. The fourth-order valence-electron chi connectivity index (χ4n) is 4.00. The van der Waals surface area contributed by atoms with Crippen molar-refractivity contribution in [2.75, 3.05) is 18.2 Å². The number of rotatable bonds is 5. The maximum atomic E-state index is 13.0. The van der Waals surface area contributed by atoms with Crippen LogP contribution in [-0.4, -0.2) is 39.4 Å². The third-order valence-electron chi connectivity index (χ3n) is 5.57. The molecular weight excluding hydrogens is 400 g/mol. The van der Waals surface area contributed by atoms with Gasteiger partial charge in [-0.25, -0.2) is 4.68 Å². The maximum Gasteiger partial charge on any atom is 0.316 e. The van der Waals surface area contributed by atoms with Gasteiger partial charge in [-0.1, -0.05) is 56.8 Å². The predicted molar refractivity (Wildman–Crippen MR) is 115 cm³/mol. The van der Waals surface area contributed by atoms with Gasteiger partial charge in [0.2, 0.25) is 11.1 Å². The number of carbonyl (C=O) groups excluding carboxylic acids is 2. The molecule has 0 radical (unpaired) electrons. The molecule has 1 N–H and O–H groups in total. The number of aromatic nitrogens is 3. The number of carbonyl (C=O) groups is 2. The summed E-state index contributed by atoms with van der Waals surface area (Å²) in [6.45, 7) is 6.41. The van der Waals surface area contributed by atoms with Crippen molar-refractivity contribution < 1.29 is 14.3 Å². The molecule has 2 aromatic rings. The van der Waals surface area contributed by atoms with E-state index in [4.69, 9.17) is 4.74 Å². The molecule has 1 aliphatic heterocycles. The fourth-order valence-corrected chi connectivity index (χ4v) is 4.66. The average molecular weight is 427 g/mol. The molecule has 30 heavy (non-hydrogen) atoms. The first-order valence-electron chi connectivity index (χ1n) is 10.2. The number of benzene rings is 1. The molecule has 2 atom stereocenters. The Kier molecular flexibility index (Phi) is 5.69. The SMILES string of the molecule is COC(=O)CSc1nc2n(n1)[C@H](c1ccc(C(C)C)cc1)C1=C(C[C@@H](C)CC1=O)N2. The lowest BCUT2D eigenvalue weighted by Crippen LogP contribution is -2.33. The monoisotopic (exact) mass is 426 g/mol. The Morgan fingerprint density at radius 2 is 2.03 bits per heavy atom. The lowest BCUT2D eigenvalue weighted by molar-refractivity contribution is -0.137. The van der Waals surface area contributed by atoms with Crippen LogP contribution in [0.3, 0.4) is 0 Å². The Balaban J connectivity index is 1.75. The number of hydrogen-bond acceptors (Lipinski definition) is 7. The average Bonchev–Trinajstić information content (AvgIpc) is 3.12. The second-order valence-corrected chi connectivity index (χ2v) is 9.15. The first kappa shape index (κ1) is 20.7. The van der Waals surface area contributed by atoms with Gasteiger partial charge in [-0.15, -0.1) is 5.10 Å². The molecule has 8 heteroatoms. The molecule has 0 unspecified atom stereocenters. The van der Waals surface area contributed by atoms with Crippen LogP contribution in [0.15, 0.2) is 40.7 Å². The Morgan fingerprint density at radius 3 is 2.70 bits per heavy atom. The number of thioether (sulfide) groups is 1. The van der Waals surface area contributed by atoms with Crippen LogP contribution in [0.1, 0.15) is 56.7 Å². The van der Waals surface area contributed by atoms with Gasteiger partial charge in [0.25, 0.3) is 0 Å². The standard InChI is InChI=1S/C22H26N4O3S/c1-12(2)14-5-7-15(8-6-14)20-19-16(9-13(3)10-17(19)27)23-21-24-22(25-26(20)21)30-11-18(28)29-4/h5-8,12-13,20H,9-11H2,1-4H3,(H,23,24,25)/t13-,20-/m1/s1. The fraction of sp³-hybridized carbons (Fsp3) is 0.455. The van der Waals surface area contributed by atoms with Crippen LogP contribution in [0, 0.1) is 5.92 Å². The number of anilines is 1. The van der Waals surface area contributed by atoms with Crippen LogP contribution in [0.2, 0.25) is 0 Å². The number of fused-ring (bicyclic) bond motifs is 1. The van der Waals surface area contributed by atoms with Crippen molar-refractivity contribution >= 4 is 29.5 Å². The zero-order valence-corrected chi connectivity index (χ0v) is 18.5. The summed E-state index contributed by atoms with van der Waals surface area (Å²) >= 11 is 1.22. The quantitative estimate of drug-likeness (QED) is 0.572. The van der Waals surface area contributed by atoms with E-state index < -0.39 is 0 Å². The molecule has 4 rings (SSSR count). The number of hydrogen-bond donors (Lipinski definition) is 1. The Bertz CT molecular complexity index is 1010. The van der Waals surface area contributed by atoms with Gasteiger partial charge >= 0.3 is 5.97 Å². The van der Waals surface area contributed by atoms with Crippen molar-refractivity contribution in [1.29, 1.82) is 0 Å². The zero-order valence-electron chi connectivity index (χ0n) is 17.6. The van der Waals surface area contributed by atoms with Gasteiger partial charge in [-0.05, 0) is 29.4 Å². The summed E-state index contributed by atoms with van der Waals surface area (Å²) in [5.74, 6) is 1.28. The molecule has 0 saturated carbocycles. The molecule has 0 saturated heterocycles. The highest BCUT2D eigenvalue weighted by Gasteiger charge is 2.38. The van der Waals surface area contributed by atoms with Crippen LogP contribution in [0.4, 0.5) is 5.95 Å². The van der Waals surface area contributed by atoms with Crippen molar-refractivity contribution in [2.24, 2.45) is 5.92 Å². The van der Waals surface area contributed by atoms with Crippen LogP contribution >= 0.6 is 11.8 Å². The van der Waals surface area contributed by atoms with Crippen LogP contribution < -0.4 is 5.32 Å². The lowest BCUT2D eigenvalue weighted by Gasteiger charge is -2.34. The minimum absolute atomic E-state index is 0.136. The molecule has 0 fully saturated rings. The van der Waals surface area contributed by atoms with Crippen molar-refractivity contribution in [3.63, 3.8) is 0 Å². The number of nitrogens with zero attached hydrogens (tertiary/aromatic N) is 3. The summed E-state index contributed by atoms with van der Waals surface area (Å²) in [6.07, 6.45) is 1.34. The van der Waals surface area contributed by atoms with E-state index in [9.17, 15) is 9.59 Å². The summed E-state index contributed by atoms with van der Waals surface area (Å²) in [4.78, 5) is 29.1. The first-order valence-corrected chi connectivity index (χ1v) is 11.1. The number of nitrogens with one attached hydrogen (secondary N) is 1. The van der Waals surface area contributed by atoms with Gasteiger partial charge in [-0.3, -0.25) is 9.59 Å². The molecule has 7 nitrogen and oxygen atoms in total. The molecule has 2 heterocycles. The van der Waals surface area contributed by atoms with Gasteiger partial charge in [0, 0.05) is 17.7 Å². The van der Waals surface area contributed by atoms with E-state index >= 15 is 0 Å². The van der Waals surface area contributed by atoms with E-state index in [0.29, 0.717) is 23.4 Å². The Labute approximate surface area is 180 Å². The summed E-state index contributed by atoms with van der Waals surface area (Å²) in [5.41, 5.74) is 3.96. The van der Waals surface area contributed by atoms with Gasteiger partial charge < -0.3 is 10.1 Å². The number of Topliss-reactive ketones (excluding diaryl/α,β-unsaturated/α-hetero) is 1. The van der Waals surface area contributed by atoms with Crippen LogP contribution in [-0.2, 0) is 14.3 Å². The minimum atomic E-state index is -0.331. The third-order valence-corrected chi connectivity index (χ3v) is 6.38. The summed E-state index contributed by atoms with van der Waals surface area (Å²) in [5, 5.41) is 8.44. The molecule has 158 valence electrons. The number of allylic oxidation sites excluding steroid dienone is 2. The second kappa shape index (κ2) is 8.26. The van der Waals surface area contributed by atoms with E-state index in [2.05, 4.69) is 60.4 Å². The zero-order chi connectivity index (χ0) is 21.4. The molecule has 2 aliphatic rings. The third kappa shape index (κ3) is 3.88. The van der Waals surface area contributed by atoms with E-state index in [1.54, 1.807) is 4.68 Å². The normalized spacial score (nSPS) is 20.6. The van der Waals surface area contributed by atoms with Gasteiger partial charge in [0.15, 0.2) is 5.78 Å². The van der Waals surface area contributed by atoms with Crippen LogP contribution in [0.25, 0.3) is 0 Å². The number of ether oxygens (including phenoxy) is 1. The highest BCUT2D eigenvalue weighted by atomic mass is 32.2. The molecular formula is C22H26N4O3S. The van der Waals surface area contributed by atoms with Crippen molar-refractivity contribution in [3.05, 3.63) is 46.7 Å². The van der Waals surface area contributed by atoms with Crippen LogP contribution in [0.5, 0.6) is 0 Å². The summed E-state index contributed by atoms with van der Waals surface area (Å²) in [7, 11) is 1.36. The predicted octanol–water partition coefficient (Wildman–Crippen LogP) is 3.93. The minimum Gasteiger partial charge on any atom is -0.468 e. The number of esters is 1. The largest absolute Gasteiger partial charge is 0.468 e. The molecule has 1 aromatic heterocycles. The van der Waals surface area contributed by atoms with E-state index in [0.717, 1.165) is 23.3 Å². The van der Waals surface area contributed by atoms with Gasteiger partial charge in [0.1, 0.15) is 6.04 Å². The molecule has 0 bridgehead atoms. The second-order valence-electron chi connectivity index (χ2n) is 8.21. The number of ketones is 1.